The molecule has 0 unspecified atom stereocenters. The van der Waals surface area contributed by atoms with Gasteiger partial charge in [0.15, 0.2) is 0 Å². The summed E-state index contributed by atoms with van der Waals surface area (Å²) in [5.41, 5.74) is 0.605. The number of nitrogens with zero attached hydrogens (tertiary/aromatic N) is 2. The molecule has 0 amide bonds. The van der Waals surface area contributed by atoms with Crippen molar-refractivity contribution in [2.45, 2.75) is 39.0 Å². The highest BCUT2D eigenvalue weighted by Crippen LogP contribution is 2.08. The molecule has 0 aliphatic carbocycles. The van der Waals surface area contributed by atoms with Crippen LogP contribution in [0.4, 0.5) is 0 Å². The van der Waals surface area contributed by atoms with Gasteiger partial charge in [0.1, 0.15) is 0 Å². The largest absolute Gasteiger partial charge is 0.193 e. The third-order valence-electron chi connectivity index (χ3n) is 1.68. The lowest BCUT2D eigenvalue weighted by Gasteiger charge is -1.96. The standard InChI is InChI=1S/C10H14N2/c1-2-3-4-5-6-10(9-12)7-8-11/h7H,2-6H2,1H3. The average Bonchev–Trinajstić information content (AvgIpc) is 2.10. The fourth-order valence-corrected chi connectivity index (χ4v) is 0.980. The smallest absolute Gasteiger partial charge is 0.0954 e. The Morgan fingerprint density at radius 3 is 2.50 bits per heavy atom. The maximum Gasteiger partial charge on any atom is 0.0954 e. The molecule has 0 fully saturated rings. The van der Waals surface area contributed by atoms with Gasteiger partial charge in [0.05, 0.1) is 12.1 Å². The molecule has 0 saturated carbocycles. The molecule has 0 aromatic carbocycles. The Morgan fingerprint density at radius 2 is 2.00 bits per heavy atom. The fraction of sp³-hybridized carbons (Fsp3) is 0.600. The SMILES string of the molecule is CCCCCCC(C#N)=CC#N. The van der Waals surface area contributed by atoms with E-state index in [0.29, 0.717) is 5.57 Å². The van der Waals surface area contributed by atoms with Crippen molar-refractivity contribution >= 4 is 0 Å². The van der Waals surface area contributed by atoms with Crippen LogP contribution < -0.4 is 0 Å². The van der Waals surface area contributed by atoms with Crippen molar-refractivity contribution in [3.63, 3.8) is 0 Å². The zero-order valence-corrected chi connectivity index (χ0v) is 7.51. The molecule has 2 nitrogen and oxygen atoms in total. The van der Waals surface area contributed by atoms with Crippen LogP contribution in [0.3, 0.4) is 0 Å². The van der Waals surface area contributed by atoms with Crippen LogP contribution >= 0.6 is 0 Å². The minimum Gasteiger partial charge on any atom is -0.193 e. The summed E-state index contributed by atoms with van der Waals surface area (Å²) in [6.45, 7) is 2.15. The van der Waals surface area contributed by atoms with Gasteiger partial charge in [0.25, 0.3) is 0 Å². The molecule has 0 aromatic heterocycles. The van der Waals surface area contributed by atoms with Crippen molar-refractivity contribution in [1.29, 1.82) is 10.5 Å². The zero-order chi connectivity index (χ0) is 9.23. The van der Waals surface area contributed by atoms with E-state index in [1.807, 2.05) is 12.1 Å². The van der Waals surface area contributed by atoms with Crippen molar-refractivity contribution < 1.29 is 0 Å². The zero-order valence-electron chi connectivity index (χ0n) is 7.51. The maximum atomic E-state index is 8.54. The molecule has 0 spiro atoms. The van der Waals surface area contributed by atoms with Crippen molar-refractivity contribution in [1.82, 2.24) is 0 Å². The second kappa shape index (κ2) is 7.82. The Labute approximate surface area is 74.1 Å². The molecule has 0 aromatic rings. The molecule has 0 N–H and O–H groups in total. The fourth-order valence-electron chi connectivity index (χ4n) is 0.980. The van der Waals surface area contributed by atoms with Gasteiger partial charge >= 0.3 is 0 Å². The van der Waals surface area contributed by atoms with Gasteiger partial charge in [-0.2, -0.15) is 10.5 Å². The number of rotatable bonds is 5. The highest BCUT2D eigenvalue weighted by Gasteiger charge is 1.94. The van der Waals surface area contributed by atoms with Crippen LogP contribution in [-0.2, 0) is 0 Å². The molecule has 0 aliphatic rings. The van der Waals surface area contributed by atoms with E-state index in [-0.39, 0.29) is 0 Å². The van der Waals surface area contributed by atoms with Crippen LogP contribution in [0.2, 0.25) is 0 Å². The molecular weight excluding hydrogens is 148 g/mol. The second-order valence-electron chi connectivity index (χ2n) is 2.72. The van der Waals surface area contributed by atoms with Crippen molar-refractivity contribution in [2.75, 3.05) is 0 Å². The lowest BCUT2D eigenvalue weighted by atomic mass is 10.1. The van der Waals surface area contributed by atoms with Crippen LogP contribution in [0.25, 0.3) is 0 Å². The molecule has 2 heteroatoms. The Hall–Kier alpha value is -1.28. The summed E-state index contributed by atoms with van der Waals surface area (Å²) in [4.78, 5) is 0. The highest BCUT2D eigenvalue weighted by molar-refractivity contribution is 5.26. The summed E-state index contributed by atoms with van der Waals surface area (Å²) in [7, 11) is 0. The van der Waals surface area contributed by atoms with Crippen molar-refractivity contribution in [3.8, 4) is 12.1 Å². The Bertz CT molecular complexity index is 215. The number of nitriles is 2. The summed E-state index contributed by atoms with van der Waals surface area (Å²) in [5, 5.41) is 16.8. The summed E-state index contributed by atoms with van der Waals surface area (Å²) < 4.78 is 0. The van der Waals surface area contributed by atoms with E-state index < -0.39 is 0 Å². The minimum absolute atomic E-state index is 0.605. The number of allylic oxidation sites excluding steroid dienone is 2. The first kappa shape index (κ1) is 10.7. The first-order valence-electron chi connectivity index (χ1n) is 4.34. The quantitative estimate of drug-likeness (QED) is 0.461. The molecule has 0 bridgehead atoms. The van der Waals surface area contributed by atoms with Gasteiger partial charge in [-0.25, -0.2) is 0 Å². The van der Waals surface area contributed by atoms with Gasteiger partial charge in [-0.1, -0.05) is 26.2 Å². The normalized spacial score (nSPS) is 10.4. The molecule has 0 heterocycles. The van der Waals surface area contributed by atoms with E-state index in [2.05, 4.69) is 6.92 Å². The predicted octanol–water partition coefficient (Wildman–Crippen LogP) is 2.93. The number of unbranched alkanes of at least 4 members (excludes halogenated alkanes) is 3. The lowest BCUT2D eigenvalue weighted by molar-refractivity contribution is 0.669. The van der Waals surface area contributed by atoms with Crippen molar-refractivity contribution in [3.05, 3.63) is 11.6 Å². The highest BCUT2D eigenvalue weighted by atomic mass is 14.3. The van der Waals surface area contributed by atoms with E-state index in [9.17, 15) is 0 Å². The van der Waals surface area contributed by atoms with E-state index in [4.69, 9.17) is 10.5 Å². The molecule has 64 valence electrons. The molecule has 0 atom stereocenters. The van der Waals surface area contributed by atoms with E-state index in [1.54, 1.807) is 0 Å². The van der Waals surface area contributed by atoms with Crippen LogP contribution in [0, 0.1) is 22.7 Å². The molecule has 0 rings (SSSR count). The second-order valence-corrected chi connectivity index (χ2v) is 2.72. The topological polar surface area (TPSA) is 47.6 Å². The van der Waals surface area contributed by atoms with E-state index in [1.165, 1.54) is 18.9 Å². The van der Waals surface area contributed by atoms with Gasteiger partial charge in [0.2, 0.25) is 0 Å². The Kier molecular flexibility index (Phi) is 6.99. The number of hydrogen-bond acceptors (Lipinski definition) is 2. The molecule has 0 radical (unpaired) electrons. The first-order chi connectivity index (χ1) is 5.85. The Balaban J connectivity index is 3.56. The van der Waals surface area contributed by atoms with Crippen LogP contribution in [0.1, 0.15) is 39.0 Å². The lowest BCUT2D eigenvalue weighted by Crippen LogP contribution is -1.81. The predicted molar refractivity (Wildman–Crippen MR) is 48.1 cm³/mol. The van der Waals surface area contributed by atoms with Crippen molar-refractivity contribution in [2.24, 2.45) is 0 Å². The number of hydrogen-bond donors (Lipinski definition) is 0. The van der Waals surface area contributed by atoms with Gasteiger partial charge in [-0.05, 0) is 12.8 Å². The van der Waals surface area contributed by atoms with Gasteiger partial charge < -0.3 is 0 Å². The van der Waals surface area contributed by atoms with Crippen LogP contribution in [-0.4, -0.2) is 0 Å². The minimum atomic E-state index is 0.605. The first-order valence-corrected chi connectivity index (χ1v) is 4.34. The molecular formula is C10H14N2. The molecule has 0 aliphatic heterocycles. The molecule has 12 heavy (non-hydrogen) atoms. The van der Waals surface area contributed by atoms with Crippen LogP contribution in [0.5, 0.6) is 0 Å². The summed E-state index contributed by atoms with van der Waals surface area (Å²) in [6, 6.07) is 3.89. The van der Waals surface area contributed by atoms with Gasteiger partial charge in [0, 0.05) is 11.6 Å². The third-order valence-corrected chi connectivity index (χ3v) is 1.68. The summed E-state index contributed by atoms with van der Waals surface area (Å²) in [6.07, 6.45) is 6.68. The Morgan fingerprint density at radius 1 is 1.25 bits per heavy atom. The molecule has 0 saturated heterocycles. The van der Waals surface area contributed by atoms with Crippen LogP contribution in [0.15, 0.2) is 11.6 Å². The summed E-state index contributed by atoms with van der Waals surface area (Å²) >= 11 is 0. The van der Waals surface area contributed by atoms with Gasteiger partial charge in [-0.3, -0.25) is 0 Å². The van der Waals surface area contributed by atoms with Gasteiger partial charge in [-0.15, -0.1) is 0 Å². The maximum absolute atomic E-state index is 8.54. The van der Waals surface area contributed by atoms with E-state index >= 15 is 0 Å². The van der Waals surface area contributed by atoms with E-state index in [0.717, 1.165) is 19.3 Å². The average molecular weight is 162 g/mol. The summed E-state index contributed by atoms with van der Waals surface area (Å²) in [5.74, 6) is 0. The third kappa shape index (κ3) is 5.50. The monoisotopic (exact) mass is 162 g/mol.